The fourth-order valence-electron chi connectivity index (χ4n) is 7.97. The summed E-state index contributed by atoms with van der Waals surface area (Å²) in [5, 5.41) is 0. The number of fused-ring (bicyclic) bond motifs is 3. The largest absolute Gasteiger partial charge is 0.352 e. The molecule has 6 heterocycles. The third-order valence-corrected chi connectivity index (χ3v) is 10.3. The molecule has 6 aliphatic heterocycles. The van der Waals surface area contributed by atoms with Gasteiger partial charge in [0.2, 0.25) is 5.91 Å². The summed E-state index contributed by atoms with van der Waals surface area (Å²) in [5.74, 6) is 0.521. The standard InChI is InChI=1S/2C15H17NO2.C12H13NO2/c2*1-2-6-12-9-13-10-18-15(16(13)14(12)17)11-7-4-3-5-8-11;14-11-7-6-10-8-15-12(13(10)11)9-4-2-1-3-5-9/h2*3-8,13,15H,2,9-10H2,1H3;1-5,10,12H,6-8H2/b12-6+;12-6-;/t2*13?,15-;10?,12-/m111/s1. The molecule has 3 aromatic carbocycles. The van der Waals surface area contributed by atoms with Crippen molar-refractivity contribution in [1.82, 2.24) is 14.7 Å². The van der Waals surface area contributed by atoms with Gasteiger partial charge in [0.25, 0.3) is 11.8 Å². The highest BCUT2D eigenvalue weighted by molar-refractivity contribution is 5.97. The van der Waals surface area contributed by atoms with Crippen LogP contribution in [0.5, 0.6) is 0 Å². The molecule has 3 amide bonds. The molecule has 6 atom stereocenters. The van der Waals surface area contributed by atoms with Gasteiger partial charge >= 0.3 is 0 Å². The number of amides is 3. The van der Waals surface area contributed by atoms with Crippen molar-refractivity contribution in [2.24, 2.45) is 0 Å². The van der Waals surface area contributed by atoms with Gasteiger partial charge in [0.05, 0.1) is 37.9 Å². The van der Waals surface area contributed by atoms with Crippen LogP contribution in [-0.2, 0) is 28.6 Å². The van der Waals surface area contributed by atoms with Crippen LogP contribution in [0.15, 0.2) is 114 Å². The van der Waals surface area contributed by atoms with E-state index in [-0.39, 0.29) is 48.5 Å². The Morgan fingerprint density at radius 3 is 1.31 bits per heavy atom. The highest BCUT2D eigenvalue weighted by Crippen LogP contribution is 2.41. The number of rotatable bonds is 5. The number of carbonyl (C=O) groups is 3. The number of hydrogen-bond acceptors (Lipinski definition) is 6. The Balaban J connectivity index is 0.000000120. The molecule has 6 fully saturated rings. The number of hydrogen-bond donors (Lipinski definition) is 0. The number of nitrogens with zero attached hydrogens (tertiary/aromatic N) is 3. The monoisotopic (exact) mass is 689 g/mol. The Morgan fingerprint density at radius 1 is 0.549 bits per heavy atom. The summed E-state index contributed by atoms with van der Waals surface area (Å²) in [4.78, 5) is 42.1. The molecule has 9 rings (SSSR count). The van der Waals surface area contributed by atoms with Gasteiger partial charge < -0.3 is 28.9 Å². The molecular formula is C42H47N3O6. The lowest BCUT2D eigenvalue weighted by molar-refractivity contribution is -0.134. The molecule has 266 valence electrons. The van der Waals surface area contributed by atoms with Crippen molar-refractivity contribution >= 4 is 17.7 Å². The zero-order valence-corrected chi connectivity index (χ0v) is 29.4. The van der Waals surface area contributed by atoms with Crippen molar-refractivity contribution in [3.63, 3.8) is 0 Å². The molecule has 0 radical (unpaired) electrons. The maximum Gasteiger partial charge on any atom is 0.252 e. The first-order chi connectivity index (χ1) is 25.0. The highest BCUT2D eigenvalue weighted by atomic mass is 16.5. The molecule has 51 heavy (non-hydrogen) atoms. The van der Waals surface area contributed by atoms with Crippen LogP contribution in [0.2, 0.25) is 0 Å². The molecule has 6 aliphatic rings. The molecule has 0 aliphatic carbocycles. The summed E-state index contributed by atoms with van der Waals surface area (Å²) in [6, 6.07) is 30.7. The van der Waals surface area contributed by atoms with E-state index in [4.69, 9.17) is 14.2 Å². The maximum absolute atomic E-state index is 12.3. The van der Waals surface area contributed by atoms with Gasteiger partial charge in [0.1, 0.15) is 0 Å². The normalized spacial score (nSPS) is 29.2. The smallest absolute Gasteiger partial charge is 0.252 e. The van der Waals surface area contributed by atoms with Crippen molar-refractivity contribution in [3.8, 4) is 0 Å². The van der Waals surface area contributed by atoms with Gasteiger partial charge in [-0.3, -0.25) is 14.4 Å². The lowest BCUT2D eigenvalue weighted by Crippen LogP contribution is -2.30. The van der Waals surface area contributed by atoms with E-state index in [9.17, 15) is 14.4 Å². The van der Waals surface area contributed by atoms with Gasteiger partial charge in [-0.05, 0) is 19.3 Å². The Labute approximate surface area is 300 Å². The molecule has 0 aromatic heterocycles. The fraction of sp³-hybridized carbons (Fsp3) is 0.405. The van der Waals surface area contributed by atoms with Gasteiger partial charge in [-0.2, -0.15) is 0 Å². The van der Waals surface area contributed by atoms with Crippen LogP contribution in [0.4, 0.5) is 0 Å². The summed E-state index contributed by atoms with van der Waals surface area (Å²) < 4.78 is 17.2. The fourth-order valence-corrected chi connectivity index (χ4v) is 7.97. The van der Waals surface area contributed by atoms with E-state index < -0.39 is 0 Å². The number of carbonyl (C=O) groups excluding carboxylic acids is 3. The van der Waals surface area contributed by atoms with Crippen LogP contribution in [0.25, 0.3) is 0 Å². The average molecular weight is 690 g/mol. The van der Waals surface area contributed by atoms with Crippen LogP contribution >= 0.6 is 0 Å². The third-order valence-electron chi connectivity index (χ3n) is 10.3. The van der Waals surface area contributed by atoms with E-state index in [2.05, 4.69) is 13.8 Å². The van der Waals surface area contributed by atoms with Gasteiger partial charge in [-0.25, -0.2) is 0 Å². The SMILES string of the molecule is CC/C=C1/CC2CO[C@H](c3ccccc3)N2C1=O.CC/C=C1\CC2CO[C@H](c3ccccc3)N2C1=O.O=C1CCC2CO[C@H](c3ccccc3)N12. The van der Waals surface area contributed by atoms with E-state index in [0.717, 1.165) is 59.9 Å². The lowest BCUT2D eigenvalue weighted by Gasteiger charge is -2.22. The van der Waals surface area contributed by atoms with Crippen LogP contribution in [-0.4, -0.2) is 70.4 Å². The Hall–Kier alpha value is -4.57. The van der Waals surface area contributed by atoms with Gasteiger partial charge in [-0.1, -0.05) is 117 Å². The minimum absolute atomic E-state index is 0.146. The average Bonchev–Trinajstić information content (AvgIpc) is 4.02. The van der Waals surface area contributed by atoms with E-state index in [1.807, 2.05) is 118 Å². The lowest BCUT2D eigenvalue weighted by atomic mass is 10.1. The maximum atomic E-state index is 12.3. The van der Waals surface area contributed by atoms with Crippen LogP contribution in [0, 0.1) is 0 Å². The van der Waals surface area contributed by atoms with Gasteiger partial charge in [0.15, 0.2) is 18.7 Å². The summed E-state index contributed by atoms with van der Waals surface area (Å²) in [6.07, 6.45) is 8.65. The molecule has 0 bridgehead atoms. The van der Waals surface area contributed by atoms with Crippen molar-refractivity contribution in [3.05, 3.63) is 131 Å². The zero-order chi connectivity index (χ0) is 35.3. The molecule has 9 nitrogen and oxygen atoms in total. The van der Waals surface area contributed by atoms with Gasteiger partial charge in [0, 0.05) is 47.1 Å². The summed E-state index contributed by atoms with van der Waals surface area (Å²) in [6.45, 7) is 6.10. The Bertz CT molecular complexity index is 1650. The first-order valence-electron chi connectivity index (χ1n) is 18.3. The molecule has 6 saturated heterocycles. The van der Waals surface area contributed by atoms with E-state index in [0.29, 0.717) is 32.3 Å². The Morgan fingerprint density at radius 2 is 0.922 bits per heavy atom. The van der Waals surface area contributed by atoms with Gasteiger partial charge in [-0.15, -0.1) is 0 Å². The molecule has 0 N–H and O–H groups in total. The zero-order valence-electron chi connectivity index (χ0n) is 29.4. The van der Waals surface area contributed by atoms with Crippen molar-refractivity contribution in [2.75, 3.05) is 19.8 Å². The second-order valence-electron chi connectivity index (χ2n) is 13.7. The highest BCUT2D eigenvalue weighted by Gasteiger charge is 2.46. The molecule has 0 saturated carbocycles. The molecule has 3 aromatic rings. The minimum atomic E-state index is -0.202. The quantitative estimate of drug-likeness (QED) is 0.268. The van der Waals surface area contributed by atoms with Crippen molar-refractivity contribution in [1.29, 1.82) is 0 Å². The second kappa shape index (κ2) is 15.8. The van der Waals surface area contributed by atoms with E-state index >= 15 is 0 Å². The first-order valence-corrected chi connectivity index (χ1v) is 18.3. The van der Waals surface area contributed by atoms with Crippen LogP contribution in [0.3, 0.4) is 0 Å². The first kappa shape index (κ1) is 34.9. The predicted octanol–water partition coefficient (Wildman–Crippen LogP) is 7.01. The summed E-state index contributed by atoms with van der Waals surface area (Å²) >= 11 is 0. The number of benzene rings is 3. The minimum Gasteiger partial charge on any atom is -0.352 e. The molecule has 3 unspecified atom stereocenters. The summed E-state index contributed by atoms with van der Waals surface area (Å²) in [5.41, 5.74) is 5.10. The topological polar surface area (TPSA) is 88.6 Å². The van der Waals surface area contributed by atoms with Crippen molar-refractivity contribution in [2.45, 2.75) is 89.2 Å². The van der Waals surface area contributed by atoms with E-state index in [1.54, 1.807) is 0 Å². The molecule has 0 spiro atoms. The number of ether oxygens (including phenoxy) is 3. The molecule has 9 heteroatoms. The van der Waals surface area contributed by atoms with Crippen molar-refractivity contribution < 1.29 is 28.6 Å². The molecular weight excluding hydrogens is 642 g/mol. The second-order valence-corrected chi connectivity index (χ2v) is 13.7. The van der Waals surface area contributed by atoms with Crippen LogP contribution in [0.1, 0.15) is 87.7 Å². The number of allylic oxidation sites excluding steroid dienone is 2. The third kappa shape index (κ3) is 7.16. The Kier molecular flexibility index (Phi) is 10.8. The van der Waals surface area contributed by atoms with Crippen LogP contribution < -0.4 is 0 Å². The predicted molar refractivity (Wildman–Crippen MR) is 193 cm³/mol. The summed E-state index contributed by atoms with van der Waals surface area (Å²) in [7, 11) is 0. The van der Waals surface area contributed by atoms with E-state index in [1.165, 1.54) is 0 Å².